The number of nitriles is 1. The maximum atomic E-state index is 14.2. The van der Waals surface area contributed by atoms with Crippen molar-refractivity contribution in [3.8, 4) is 17.6 Å². The van der Waals surface area contributed by atoms with Gasteiger partial charge in [-0.05, 0) is 112 Å². The fourth-order valence-electron chi connectivity index (χ4n) is 5.32. The largest absolute Gasteiger partial charge is 0.497 e. The van der Waals surface area contributed by atoms with Crippen LogP contribution in [0.5, 0.6) is 11.5 Å². The molecule has 234 valence electrons. The Kier molecular flexibility index (Phi) is 9.90. The number of rotatable bonds is 8. The van der Waals surface area contributed by atoms with Gasteiger partial charge in [-0.25, -0.2) is 4.99 Å². The van der Waals surface area contributed by atoms with Gasteiger partial charge in [0.15, 0.2) is 4.80 Å². The lowest BCUT2D eigenvalue weighted by Gasteiger charge is -2.25. The number of benzene rings is 4. The predicted molar refractivity (Wildman–Crippen MR) is 199 cm³/mol. The first kappa shape index (κ1) is 32.7. The molecule has 4 aromatic carbocycles. The number of para-hydroxylation sites is 1. The number of nitrogens with zero attached hydrogens (tertiary/aromatic N) is 3. The van der Waals surface area contributed by atoms with Crippen molar-refractivity contribution < 1.29 is 14.3 Å². The van der Waals surface area contributed by atoms with Crippen molar-refractivity contribution in [1.82, 2.24) is 4.57 Å². The minimum Gasteiger partial charge on any atom is -0.497 e. The summed E-state index contributed by atoms with van der Waals surface area (Å²) in [5.74, 6) is 0.988. The zero-order valence-electron chi connectivity index (χ0n) is 25.2. The van der Waals surface area contributed by atoms with E-state index in [1.165, 1.54) is 11.3 Å². The summed E-state index contributed by atoms with van der Waals surface area (Å²) in [6.07, 6.45) is 1.84. The molecular formula is C36H26I2N4O4S. The summed E-state index contributed by atoms with van der Waals surface area (Å²) in [5.41, 5.74) is 4.24. The van der Waals surface area contributed by atoms with Crippen molar-refractivity contribution in [3.63, 3.8) is 0 Å². The first-order chi connectivity index (χ1) is 22.8. The first-order valence-corrected chi connectivity index (χ1v) is 17.4. The smallest absolute Gasteiger partial charge is 0.271 e. The van der Waals surface area contributed by atoms with E-state index >= 15 is 0 Å². The third-order valence-electron chi connectivity index (χ3n) is 7.54. The minimum atomic E-state index is -0.723. The maximum Gasteiger partial charge on any atom is 0.271 e. The molecule has 0 bridgehead atoms. The molecule has 1 amide bonds. The van der Waals surface area contributed by atoms with Crippen LogP contribution in [0.2, 0.25) is 0 Å². The van der Waals surface area contributed by atoms with E-state index in [1.807, 2.05) is 91.0 Å². The highest BCUT2D eigenvalue weighted by molar-refractivity contribution is 14.1. The van der Waals surface area contributed by atoms with Crippen LogP contribution in [-0.2, 0) is 11.4 Å². The van der Waals surface area contributed by atoms with Crippen LogP contribution in [0.4, 0.5) is 5.69 Å². The minimum absolute atomic E-state index is 0.252. The van der Waals surface area contributed by atoms with Crippen LogP contribution >= 0.6 is 56.5 Å². The molecule has 1 atom stereocenters. The Morgan fingerprint density at radius 2 is 1.77 bits per heavy atom. The second-order valence-corrected chi connectivity index (χ2v) is 13.9. The zero-order chi connectivity index (χ0) is 33.1. The molecule has 0 saturated heterocycles. The molecule has 47 heavy (non-hydrogen) atoms. The molecule has 1 aliphatic rings. The first-order valence-electron chi connectivity index (χ1n) is 14.4. The molecule has 1 aliphatic heterocycles. The fourth-order valence-corrected chi connectivity index (χ4v) is 8.49. The van der Waals surface area contributed by atoms with Gasteiger partial charge in [0.2, 0.25) is 0 Å². The third-order valence-corrected chi connectivity index (χ3v) is 10.1. The number of halogens is 2. The van der Waals surface area contributed by atoms with Crippen molar-refractivity contribution in [3.05, 3.63) is 151 Å². The summed E-state index contributed by atoms with van der Waals surface area (Å²) in [5, 5.41) is 12.4. The van der Waals surface area contributed by atoms with Gasteiger partial charge in [-0.1, -0.05) is 59.9 Å². The van der Waals surface area contributed by atoms with E-state index in [1.54, 1.807) is 24.7 Å². The lowest BCUT2D eigenvalue weighted by Crippen LogP contribution is -2.40. The number of thiazole rings is 1. The quantitative estimate of drug-likeness (QED) is 0.179. The van der Waals surface area contributed by atoms with Gasteiger partial charge < -0.3 is 14.8 Å². The van der Waals surface area contributed by atoms with Crippen LogP contribution in [0.3, 0.4) is 0 Å². The SMILES string of the molecule is COc1cccc([C@@H]2C(C(=O)Nc3ccccc3)=C(C)N=c3s/c(=C\c4cc(I)c(OCc5ccccc5C#N)c(I)c4)c(=O)n32)c1. The molecular weight excluding hydrogens is 838 g/mol. The second-order valence-electron chi connectivity index (χ2n) is 10.5. The Balaban J connectivity index is 1.40. The number of ether oxygens (including phenoxy) is 2. The number of hydrogen-bond acceptors (Lipinski definition) is 7. The van der Waals surface area contributed by atoms with Crippen molar-refractivity contribution in [2.24, 2.45) is 4.99 Å². The molecule has 1 N–H and O–H groups in total. The van der Waals surface area contributed by atoms with Gasteiger partial charge in [0, 0.05) is 11.3 Å². The van der Waals surface area contributed by atoms with Crippen molar-refractivity contribution in [2.75, 3.05) is 12.4 Å². The van der Waals surface area contributed by atoms with Gasteiger partial charge in [0.1, 0.15) is 18.1 Å². The molecule has 1 aromatic heterocycles. The normalized spacial score (nSPS) is 14.2. The molecule has 11 heteroatoms. The van der Waals surface area contributed by atoms with Crippen LogP contribution in [-0.4, -0.2) is 17.6 Å². The molecule has 0 unspecified atom stereocenters. The second kappa shape index (κ2) is 14.2. The average Bonchev–Trinajstić information content (AvgIpc) is 3.37. The number of aromatic nitrogens is 1. The zero-order valence-corrected chi connectivity index (χ0v) is 30.3. The lowest BCUT2D eigenvalue weighted by molar-refractivity contribution is -0.113. The molecule has 5 aromatic rings. The van der Waals surface area contributed by atoms with Gasteiger partial charge in [-0.15, -0.1) is 0 Å². The van der Waals surface area contributed by atoms with E-state index < -0.39 is 6.04 Å². The Morgan fingerprint density at radius 3 is 2.49 bits per heavy atom. The number of hydrogen-bond donors (Lipinski definition) is 1. The van der Waals surface area contributed by atoms with Gasteiger partial charge >= 0.3 is 0 Å². The molecule has 0 radical (unpaired) electrons. The van der Waals surface area contributed by atoms with Crippen LogP contribution in [0, 0.1) is 18.5 Å². The van der Waals surface area contributed by atoms with E-state index in [9.17, 15) is 14.9 Å². The van der Waals surface area contributed by atoms with Crippen LogP contribution in [0.25, 0.3) is 6.08 Å². The van der Waals surface area contributed by atoms with Crippen LogP contribution < -0.4 is 29.7 Å². The number of anilines is 1. The van der Waals surface area contributed by atoms with Gasteiger partial charge in [0.05, 0.1) is 47.7 Å². The standard InChI is InChI=1S/C36H26I2N4O4S/c1-21-31(34(43)41-26-12-4-3-5-13-26)32(23-11-8-14-27(18-23)45-2)42-35(44)30(47-36(42)40-21)17-22-15-28(37)33(29(38)16-22)46-20-25-10-7-6-9-24(25)19-39/h3-18,32H,20H2,1-2H3,(H,41,43)/b30-17-/t32-/m1/s1. The fraction of sp³-hybridized carbons (Fsp3) is 0.111. The van der Waals surface area contributed by atoms with Gasteiger partial charge in [-0.2, -0.15) is 5.26 Å². The summed E-state index contributed by atoms with van der Waals surface area (Å²) in [6, 6.07) is 29.4. The number of carbonyl (C=O) groups excluding carboxylic acids is 1. The van der Waals surface area contributed by atoms with Crippen molar-refractivity contribution in [2.45, 2.75) is 19.6 Å². The van der Waals surface area contributed by atoms with E-state index in [2.05, 4.69) is 56.6 Å². The van der Waals surface area contributed by atoms with Gasteiger partial charge in [0.25, 0.3) is 11.5 Å². The summed E-state index contributed by atoms with van der Waals surface area (Å²) < 4.78 is 15.5. The predicted octanol–water partition coefficient (Wildman–Crippen LogP) is 6.54. The van der Waals surface area contributed by atoms with Crippen molar-refractivity contribution in [1.29, 1.82) is 5.26 Å². The van der Waals surface area contributed by atoms with E-state index in [0.29, 0.717) is 43.4 Å². The van der Waals surface area contributed by atoms with Crippen molar-refractivity contribution >= 4 is 74.2 Å². The number of carbonyl (C=O) groups is 1. The summed E-state index contributed by atoms with van der Waals surface area (Å²) in [7, 11) is 1.58. The molecule has 0 aliphatic carbocycles. The average molecular weight is 865 g/mol. The number of fused-ring (bicyclic) bond motifs is 1. The Bertz CT molecular complexity index is 2250. The van der Waals surface area contributed by atoms with Gasteiger partial charge in [-0.3, -0.25) is 14.2 Å². The lowest BCUT2D eigenvalue weighted by atomic mass is 9.95. The molecule has 0 fully saturated rings. The Morgan fingerprint density at radius 1 is 1.04 bits per heavy atom. The highest BCUT2D eigenvalue weighted by Crippen LogP contribution is 2.33. The number of allylic oxidation sites excluding steroid dienone is 1. The number of methoxy groups -OCH3 is 1. The Hall–Kier alpha value is -4.26. The molecule has 2 heterocycles. The monoisotopic (exact) mass is 864 g/mol. The van der Waals surface area contributed by atoms with E-state index in [4.69, 9.17) is 14.5 Å². The molecule has 0 spiro atoms. The van der Waals surface area contributed by atoms with E-state index in [0.717, 1.165) is 23.8 Å². The number of amides is 1. The van der Waals surface area contributed by atoms with Crippen LogP contribution in [0.15, 0.2) is 112 Å². The topological polar surface area (TPSA) is 106 Å². The Labute approximate surface area is 302 Å². The third kappa shape index (κ3) is 6.90. The van der Waals surface area contributed by atoms with E-state index in [-0.39, 0.29) is 18.1 Å². The highest BCUT2D eigenvalue weighted by Gasteiger charge is 2.33. The number of nitrogens with one attached hydrogen (secondary N) is 1. The van der Waals surface area contributed by atoms with Crippen LogP contribution in [0.1, 0.15) is 35.2 Å². The summed E-state index contributed by atoms with van der Waals surface area (Å²) >= 11 is 5.72. The molecule has 8 nitrogen and oxygen atoms in total. The molecule has 6 rings (SSSR count). The molecule has 0 saturated carbocycles. The summed E-state index contributed by atoms with van der Waals surface area (Å²) in [6.45, 7) is 2.06. The summed E-state index contributed by atoms with van der Waals surface area (Å²) in [4.78, 5) is 33.3. The highest BCUT2D eigenvalue weighted by atomic mass is 127. The maximum absolute atomic E-state index is 14.2.